The number of hydrogen-bond acceptors (Lipinski definition) is 4. The fraction of sp³-hybridized carbons (Fsp3) is 0.818. The Hall–Kier alpha value is -1.86. The molecule has 3 fully saturated rings. The number of aliphatic hydroxyl groups excluding tert-OH is 1. The number of allylic oxidation sites excluding steroid dienone is 1. The smallest absolute Gasteiger partial charge is 0.426 e. The van der Waals surface area contributed by atoms with E-state index in [0.29, 0.717) is 49.0 Å². The predicted octanol–water partition coefficient (Wildman–Crippen LogP) is 6.38. The van der Waals surface area contributed by atoms with Crippen LogP contribution in [0.25, 0.3) is 0 Å². The molecule has 4 N–H and O–H groups in total. The number of rotatable bonds is 9. The van der Waals surface area contributed by atoms with Crippen LogP contribution in [0.15, 0.2) is 24.2 Å². The maximum atomic E-state index is 12.9. The lowest BCUT2D eigenvalue weighted by molar-refractivity contribution is -0.0666. The number of carboxylic acid groups (broad SMARTS) is 1. The Morgan fingerprint density at radius 1 is 1.20 bits per heavy atom. The van der Waals surface area contributed by atoms with E-state index < -0.39 is 12.2 Å². The Morgan fingerprint density at radius 3 is 2.67 bits per heavy atom. The van der Waals surface area contributed by atoms with Crippen molar-refractivity contribution in [1.82, 2.24) is 9.66 Å². The Labute approximate surface area is 241 Å². The number of carbonyl (C=O) groups is 1. The average molecular weight is 555 g/mol. The lowest BCUT2D eigenvalue weighted by Gasteiger charge is -2.61. The molecule has 7 heteroatoms. The van der Waals surface area contributed by atoms with Crippen LogP contribution in [0.3, 0.4) is 0 Å². The molecule has 1 aromatic heterocycles. The highest BCUT2D eigenvalue weighted by atomic mass is 16.4. The van der Waals surface area contributed by atoms with Gasteiger partial charge in [0.05, 0.1) is 24.0 Å². The minimum absolute atomic E-state index is 0.304. The number of nitrogens with two attached hydrogens (primary N) is 1. The highest BCUT2D eigenvalue weighted by Gasteiger charge is 2.62. The van der Waals surface area contributed by atoms with E-state index in [-0.39, 0.29) is 11.5 Å². The molecule has 0 aromatic carbocycles. The fourth-order valence-corrected chi connectivity index (χ4v) is 10.2. The Morgan fingerprint density at radius 2 is 1.98 bits per heavy atom. The van der Waals surface area contributed by atoms with Crippen LogP contribution in [0.5, 0.6) is 0 Å². The molecular formula is C33H54N4O3. The van der Waals surface area contributed by atoms with Crippen molar-refractivity contribution in [2.24, 2.45) is 52.1 Å². The lowest BCUT2D eigenvalue weighted by atomic mass is 9.46. The van der Waals surface area contributed by atoms with E-state index in [0.717, 1.165) is 36.3 Å². The second-order valence-corrected chi connectivity index (χ2v) is 14.7. The van der Waals surface area contributed by atoms with Crippen molar-refractivity contribution in [1.29, 1.82) is 0 Å². The second-order valence-electron chi connectivity index (χ2n) is 14.7. The van der Waals surface area contributed by atoms with Crippen LogP contribution >= 0.6 is 0 Å². The van der Waals surface area contributed by atoms with Crippen LogP contribution in [-0.2, 0) is 6.42 Å². The summed E-state index contributed by atoms with van der Waals surface area (Å²) >= 11 is 0. The first kappa shape index (κ1) is 29.6. The third-order valence-electron chi connectivity index (χ3n) is 12.1. The van der Waals surface area contributed by atoms with Gasteiger partial charge in [0.2, 0.25) is 0 Å². The third kappa shape index (κ3) is 5.04. The quantitative estimate of drug-likeness (QED) is 0.307. The molecule has 7 nitrogen and oxygen atoms in total. The molecule has 40 heavy (non-hydrogen) atoms. The zero-order chi connectivity index (χ0) is 28.8. The van der Waals surface area contributed by atoms with E-state index in [1.54, 1.807) is 17.2 Å². The summed E-state index contributed by atoms with van der Waals surface area (Å²) in [6.45, 7) is 12.6. The molecule has 9 atom stereocenters. The van der Waals surface area contributed by atoms with Gasteiger partial charge < -0.3 is 15.9 Å². The van der Waals surface area contributed by atoms with Gasteiger partial charge in [-0.05, 0) is 92.4 Å². The highest BCUT2D eigenvalue weighted by molar-refractivity contribution is 5.77. The maximum Gasteiger partial charge on any atom is 0.426 e. The fourth-order valence-electron chi connectivity index (χ4n) is 10.2. The summed E-state index contributed by atoms with van der Waals surface area (Å²) in [6, 6.07) is -0.343. The van der Waals surface area contributed by atoms with Gasteiger partial charge in [-0.25, -0.2) is 19.5 Å². The van der Waals surface area contributed by atoms with Crippen LogP contribution < -0.4 is 10.7 Å². The summed E-state index contributed by atoms with van der Waals surface area (Å²) in [6.07, 6.45) is 16.1. The molecule has 4 aliphatic carbocycles. The summed E-state index contributed by atoms with van der Waals surface area (Å²) in [7, 11) is 0. The topological polar surface area (TPSA) is 105 Å². The highest BCUT2D eigenvalue weighted by Crippen LogP contribution is 2.67. The molecule has 0 spiro atoms. The van der Waals surface area contributed by atoms with Gasteiger partial charge in [0, 0.05) is 11.8 Å². The number of fused-ring (bicyclic) bond motifs is 5. The van der Waals surface area contributed by atoms with Gasteiger partial charge in [-0.15, -0.1) is 0 Å². The largest absolute Gasteiger partial charge is 0.464 e. The standard InChI is InChI=1S/C33H54N4O3/c1-21(2)7-6-8-22(3)27-11-12-28-26-10-9-23-17-25(38)18-30(33(23,5)29(26)13-15-32(27,28)4)37(31(39)40)36-19-24(14-16-34)35-20-36/h9,19-22,25-30,38H,6-8,10-18,34H2,1-5H3,(H,39,40)/t22-,25-,26+,27-,28+,29+,30?,32-,33+/m1/s1. The van der Waals surface area contributed by atoms with Crippen molar-refractivity contribution in [3.05, 3.63) is 29.9 Å². The number of amides is 1. The van der Waals surface area contributed by atoms with Crippen molar-refractivity contribution in [3.8, 4) is 0 Å². The first-order valence-corrected chi connectivity index (χ1v) is 16.1. The normalized spacial score (nSPS) is 37.9. The average Bonchev–Trinajstić information content (AvgIpc) is 3.48. The Kier molecular flexibility index (Phi) is 8.47. The van der Waals surface area contributed by atoms with Gasteiger partial charge >= 0.3 is 6.09 Å². The molecule has 1 unspecified atom stereocenters. The molecule has 1 heterocycles. The van der Waals surface area contributed by atoms with Crippen LogP contribution in [-0.4, -0.2) is 44.7 Å². The maximum absolute atomic E-state index is 12.9. The van der Waals surface area contributed by atoms with E-state index in [9.17, 15) is 15.0 Å². The van der Waals surface area contributed by atoms with E-state index in [4.69, 9.17) is 5.73 Å². The first-order chi connectivity index (χ1) is 19.0. The first-order valence-electron chi connectivity index (χ1n) is 16.1. The van der Waals surface area contributed by atoms with E-state index >= 15 is 0 Å². The molecule has 0 radical (unpaired) electrons. The van der Waals surface area contributed by atoms with Gasteiger partial charge in [0.15, 0.2) is 0 Å². The van der Waals surface area contributed by atoms with Crippen molar-refractivity contribution in [2.45, 2.75) is 117 Å². The molecule has 5 rings (SSSR count). The molecular weight excluding hydrogens is 500 g/mol. The lowest BCUT2D eigenvalue weighted by Crippen LogP contribution is -2.63. The number of aromatic nitrogens is 2. The summed E-state index contributed by atoms with van der Waals surface area (Å²) < 4.78 is 1.64. The Balaban J connectivity index is 1.44. The van der Waals surface area contributed by atoms with Gasteiger partial charge in [-0.1, -0.05) is 65.5 Å². The van der Waals surface area contributed by atoms with Gasteiger partial charge in [0.25, 0.3) is 0 Å². The molecule has 0 saturated heterocycles. The zero-order valence-electron chi connectivity index (χ0n) is 25.6. The minimum Gasteiger partial charge on any atom is -0.464 e. The van der Waals surface area contributed by atoms with Crippen molar-refractivity contribution in [3.63, 3.8) is 0 Å². The summed E-state index contributed by atoms with van der Waals surface area (Å²) in [5, 5.41) is 23.0. The predicted molar refractivity (Wildman–Crippen MR) is 159 cm³/mol. The van der Waals surface area contributed by atoms with Crippen molar-refractivity contribution < 1.29 is 15.0 Å². The molecule has 3 saturated carbocycles. The van der Waals surface area contributed by atoms with Crippen LogP contribution in [0.2, 0.25) is 0 Å². The third-order valence-corrected chi connectivity index (χ3v) is 12.1. The number of imidazole rings is 1. The van der Waals surface area contributed by atoms with E-state index in [1.165, 1.54) is 49.1 Å². The summed E-state index contributed by atoms with van der Waals surface area (Å²) in [4.78, 5) is 17.3. The minimum atomic E-state index is -0.990. The zero-order valence-corrected chi connectivity index (χ0v) is 25.6. The summed E-state index contributed by atoms with van der Waals surface area (Å²) in [5.41, 5.74) is 7.88. The molecule has 1 aromatic rings. The van der Waals surface area contributed by atoms with Gasteiger partial charge in [0.1, 0.15) is 6.33 Å². The molecule has 0 aliphatic heterocycles. The van der Waals surface area contributed by atoms with E-state index in [2.05, 4.69) is 45.7 Å². The van der Waals surface area contributed by atoms with Crippen molar-refractivity contribution >= 4 is 6.09 Å². The Bertz CT molecular complexity index is 1080. The molecule has 1 amide bonds. The van der Waals surface area contributed by atoms with Crippen LogP contribution in [0.1, 0.15) is 105 Å². The number of nitrogens with zero attached hydrogens (tertiary/aromatic N) is 3. The van der Waals surface area contributed by atoms with Crippen LogP contribution in [0, 0.1) is 46.3 Å². The van der Waals surface area contributed by atoms with Gasteiger partial charge in [-0.3, -0.25) is 0 Å². The number of aliphatic hydroxyl groups is 1. The molecule has 0 bridgehead atoms. The van der Waals surface area contributed by atoms with E-state index in [1.807, 2.05) is 0 Å². The second kappa shape index (κ2) is 11.4. The molecule has 224 valence electrons. The van der Waals surface area contributed by atoms with Crippen LogP contribution in [0.4, 0.5) is 4.79 Å². The van der Waals surface area contributed by atoms with Gasteiger partial charge in [-0.2, -0.15) is 0 Å². The number of hydrogen-bond donors (Lipinski definition) is 3. The monoisotopic (exact) mass is 554 g/mol. The SMILES string of the molecule is CC(C)CCC[C@@H](C)[C@H]1CC[C@H]2[C@@H]3CC=C4C[C@@H](O)CC(N(C(=O)O)n5cnc(CCN)c5)[C@]4(C)[C@H]3CC[C@]12C. The molecule has 4 aliphatic rings. The summed E-state index contributed by atoms with van der Waals surface area (Å²) in [5.74, 6) is 4.01. The van der Waals surface area contributed by atoms with Crippen molar-refractivity contribution in [2.75, 3.05) is 11.6 Å².